The van der Waals surface area contributed by atoms with Crippen molar-refractivity contribution in [1.29, 1.82) is 0 Å². The van der Waals surface area contributed by atoms with Gasteiger partial charge in [0, 0.05) is 18.3 Å². The van der Waals surface area contributed by atoms with Crippen molar-refractivity contribution < 1.29 is 21.6 Å². The molecule has 30 heavy (non-hydrogen) atoms. The normalized spacial score (nSPS) is 23.1. The lowest BCUT2D eigenvalue weighted by Crippen LogP contribution is -2.15. The number of hydrogen-bond acceptors (Lipinski definition) is 4. The van der Waals surface area contributed by atoms with Crippen molar-refractivity contribution in [3.05, 3.63) is 43.1 Å². The monoisotopic (exact) mass is 439 g/mol. The van der Waals surface area contributed by atoms with Gasteiger partial charge in [0.25, 0.3) is 10.0 Å². The summed E-state index contributed by atoms with van der Waals surface area (Å²) < 4.78 is 66.1. The van der Waals surface area contributed by atoms with E-state index in [0.717, 1.165) is 22.5 Å². The second-order valence-corrected chi connectivity index (χ2v) is 9.27. The highest BCUT2D eigenvalue weighted by Crippen LogP contribution is 2.43. The third-order valence-electron chi connectivity index (χ3n) is 5.45. The minimum atomic E-state index is -4.53. The van der Waals surface area contributed by atoms with E-state index in [1.807, 2.05) is 16.5 Å². The molecule has 1 unspecified atom stereocenters. The summed E-state index contributed by atoms with van der Waals surface area (Å²) in [5.74, 6) is -0.420. The fourth-order valence-electron chi connectivity index (χ4n) is 4.03. The molecular formula is C19H20F3N5O2S. The SMILES string of the molecule is C=C[C@@H]1CC(C=NS(=O)(=O)CCC(F)(F)F)C[C@@H]1c1ncc2cnc3[nH]ccc3n12. The minimum Gasteiger partial charge on any atom is -0.345 e. The van der Waals surface area contributed by atoms with Crippen LogP contribution in [0.1, 0.15) is 31.0 Å². The van der Waals surface area contributed by atoms with Gasteiger partial charge in [0.2, 0.25) is 0 Å². The highest BCUT2D eigenvalue weighted by atomic mass is 32.2. The first-order valence-electron chi connectivity index (χ1n) is 9.44. The van der Waals surface area contributed by atoms with E-state index in [2.05, 4.69) is 25.9 Å². The van der Waals surface area contributed by atoms with Crippen LogP contribution in [0.5, 0.6) is 0 Å². The zero-order valence-corrected chi connectivity index (χ0v) is 16.7. The van der Waals surface area contributed by atoms with Crippen LogP contribution < -0.4 is 0 Å². The Balaban J connectivity index is 1.57. The molecule has 0 aliphatic heterocycles. The van der Waals surface area contributed by atoms with Crippen molar-refractivity contribution in [2.45, 2.75) is 31.4 Å². The van der Waals surface area contributed by atoms with Gasteiger partial charge in [-0.25, -0.2) is 18.4 Å². The summed E-state index contributed by atoms with van der Waals surface area (Å²) in [7, 11) is -4.16. The first kappa shape index (κ1) is 20.6. The zero-order valence-electron chi connectivity index (χ0n) is 15.9. The number of rotatable bonds is 6. The number of fused-ring (bicyclic) bond motifs is 3. The molecule has 1 aliphatic carbocycles. The van der Waals surface area contributed by atoms with Gasteiger partial charge in [-0.2, -0.15) is 17.6 Å². The van der Waals surface area contributed by atoms with E-state index in [1.165, 1.54) is 6.21 Å². The van der Waals surface area contributed by atoms with E-state index in [0.29, 0.717) is 12.8 Å². The number of hydrogen-bond donors (Lipinski definition) is 1. The number of nitrogens with one attached hydrogen (secondary N) is 1. The molecule has 3 aromatic heterocycles. The Morgan fingerprint density at radius 3 is 2.80 bits per heavy atom. The highest BCUT2D eigenvalue weighted by Gasteiger charge is 2.36. The van der Waals surface area contributed by atoms with Gasteiger partial charge >= 0.3 is 6.18 Å². The molecule has 11 heteroatoms. The van der Waals surface area contributed by atoms with Crippen LogP contribution in [0, 0.1) is 11.8 Å². The van der Waals surface area contributed by atoms with Gasteiger partial charge < -0.3 is 4.98 Å². The molecule has 0 aromatic carbocycles. The second kappa shape index (κ2) is 7.53. The van der Waals surface area contributed by atoms with Crippen molar-refractivity contribution in [2.75, 3.05) is 5.75 Å². The Morgan fingerprint density at radius 1 is 1.30 bits per heavy atom. The summed E-state index contributed by atoms with van der Waals surface area (Å²) in [5.41, 5.74) is 2.45. The molecule has 3 heterocycles. The Labute approximate surface area is 170 Å². The molecule has 0 saturated heterocycles. The highest BCUT2D eigenvalue weighted by molar-refractivity contribution is 7.90. The molecule has 7 nitrogen and oxygen atoms in total. The molecular weight excluding hydrogens is 419 g/mol. The number of H-pyrrole nitrogens is 1. The third-order valence-corrected chi connectivity index (χ3v) is 6.61. The first-order chi connectivity index (χ1) is 14.2. The number of alkyl halides is 3. The van der Waals surface area contributed by atoms with Gasteiger partial charge in [0.1, 0.15) is 5.82 Å². The summed E-state index contributed by atoms with van der Waals surface area (Å²) in [4.78, 5) is 12.0. The molecule has 3 atom stereocenters. The molecule has 0 bridgehead atoms. The minimum absolute atomic E-state index is 0.0279. The molecule has 1 fully saturated rings. The summed E-state index contributed by atoms with van der Waals surface area (Å²) in [5, 5.41) is 0. The van der Waals surface area contributed by atoms with Gasteiger partial charge in [0.05, 0.1) is 35.6 Å². The largest absolute Gasteiger partial charge is 0.390 e. The molecule has 0 amide bonds. The molecule has 4 rings (SSSR count). The second-order valence-electron chi connectivity index (χ2n) is 7.49. The molecule has 3 aromatic rings. The van der Waals surface area contributed by atoms with Crippen LogP contribution in [0.3, 0.4) is 0 Å². The summed E-state index contributed by atoms with van der Waals surface area (Å²) in [6.45, 7) is 3.89. The van der Waals surface area contributed by atoms with Crippen LogP contribution in [-0.2, 0) is 10.0 Å². The van der Waals surface area contributed by atoms with E-state index in [-0.39, 0.29) is 17.8 Å². The van der Waals surface area contributed by atoms with Gasteiger partial charge in [-0.15, -0.1) is 6.58 Å². The van der Waals surface area contributed by atoms with E-state index in [9.17, 15) is 21.6 Å². The Kier molecular flexibility index (Phi) is 5.16. The van der Waals surface area contributed by atoms with Crippen LogP contribution in [-0.4, -0.2) is 45.9 Å². The summed E-state index contributed by atoms with van der Waals surface area (Å²) in [6, 6.07) is 1.91. The summed E-state index contributed by atoms with van der Waals surface area (Å²) >= 11 is 0. The number of imidazole rings is 1. The van der Waals surface area contributed by atoms with E-state index < -0.39 is 28.4 Å². The maximum Gasteiger partial charge on any atom is 0.390 e. The number of allylic oxidation sites excluding steroid dienone is 1. The maximum atomic E-state index is 12.3. The van der Waals surface area contributed by atoms with Crippen LogP contribution >= 0.6 is 0 Å². The Bertz CT molecular complexity index is 1210. The van der Waals surface area contributed by atoms with Crippen LogP contribution in [0.4, 0.5) is 13.2 Å². The predicted octanol–water partition coefficient (Wildman–Crippen LogP) is 3.86. The molecule has 1 aliphatic rings. The predicted molar refractivity (Wildman–Crippen MR) is 107 cm³/mol. The number of aromatic nitrogens is 4. The average Bonchev–Trinajstić information content (AvgIpc) is 3.40. The standard InChI is InChI=1S/C19H20F3N5O2S/c1-2-13-7-12(9-26-30(28,29)6-4-19(20,21)22)8-15(13)18-25-11-14-10-24-17-16(27(14)18)3-5-23-17/h2-3,5,9-13,15,23H,1,4,6-8H2/t12?,13-,15+/m1/s1. The van der Waals surface area contributed by atoms with Crippen molar-refractivity contribution >= 4 is 32.9 Å². The van der Waals surface area contributed by atoms with Gasteiger partial charge in [-0.3, -0.25) is 4.40 Å². The lowest BCUT2D eigenvalue weighted by Gasteiger charge is -2.15. The number of halogens is 3. The van der Waals surface area contributed by atoms with Crippen molar-refractivity contribution in [3.8, 4) is 0 Å². The number of sulfonamides is 1. The van der Waals surface area contributed by atoms with Crippen molar-refractivity contribution in [1.82, 2.24) is 19.4 Å². The van der Waals surface area contributed by atoms with E-state index in [1.54, 1.807) is 18.6 Å². The fraction of sp³-hybridized carbons (Fsp3) is 0.421. The average molecular weight is 439 g/mol. The molecule has 160 valence electrons. The van der Waals surface area contributed by atoms with Crippen molar-refractivity contribution in [2.24, 2.45) is 16.2 Å². The molecule has 0 spiro atoms. The van der Waals surface area contributed by atoms with Crippen LogP contribution in [0.2, 0.25) is 0 Å². The lowest BCUT2D eigenvalue weighted by molar-refractivity contribution is -0.129. The van der Waals surface area contributed by atoms with Crippen LogP contribution in [0.25, 0.3) is 16.7 Å². The smallest absolute Gasteiger partial charge is 0.345 e. The van der Waals surface area contributed by atoms with Gasteiger partial charge in [-0.05, 0) is 30.7 Å². The lowest BCUT2D eigenvalue weighted by atomic mass is 9.95. The van der Waals surface area contributed by atoms with Gasteiger partial charge in [0.15, 0.2) is 5.65 Å². The number of nitrogens with zero attached hydrogens (tertiary/aromatic N) is 4. The zero-order chi connectivity index (χ0) is 21.5. The molecule has 1 N–H and O–H groups in total. The summed E-state index contributed by atoms with van der Waals surface area (Å²) in [6.07, 6.45) is 3.56. The number of aromatic amines is 1. The third kappa shape index (κ3) is 4.11. The first-order valence-corrected chi connectivity index (χ1v) is 11.0. The maximum absolute atomic E-state index is 12.3. The van der Waals surface area contributed by atoms with E-state index in [4.69, 9.17) is 0 Å². The topological polar surface area (TPSA) is 92.5 Å². The fourth-order valence-corrected chi connectivity index (χ4v) is 4.98. The molecule has 0 radical (unpaired) electrons. The Morgan fingerprint density at radius 2 is 2.07 bits per heavy atom. The quantitative estimate of drug-likeness (QED) is 0.466. The van der Waals surface area contributed by atoms with E-state index >= 15 is 0 Å². The van der Waals surface area contributed by atoms with Gasteiger partial charge in [-0.1, -0.05) is 6.08 Å². The molecule has 1 saturated carbocycles. The van der Waals surface area contributed by atoms with Crippen molar-refractivity contribution in [3.63, 3.8) is 0 Å². The Hall–Kier alpha value is -2.69. The van der Waals surface area contributed by atoms with Crippen LogP contribution in [0.15, 0.2) is 41.7 Å².